The van der Waals surface area contributed by atoms with Gasteiger partial charge in [-0.2, -0.15) is 0 Å². The van der Waals surface area contributed by atoms with E-state index in [2.05, 4.69) is 15.5 Å². The largest absolute Gasteiger partial charge is 0.480 e. The monoisotopic (exact) mass is 297 g/mol. The SMILES string of the molecule is CC(C)(C)C(NC(=O)NC1CCN2CCCC2C1)C(=O)O. The van der Waals surface area contributed by atoms with Crippen LogP contribution in [-0.2, 0) is 4.79 Å². The summed E-state index contributed by atoms with van der Waals surface area (Å²) in [6.07, 6.45) is 4.37. The third kappa shape index (κ3) is 4.09. The molecular weight excluding hydrogens is 270 g/mol. The molecule has 2 amide bonds. The molecular formula is C15H27N3O3. The summed E-state index contributed by atoms with van der Waals surface area (Å²) in [4.78, 5) is 25.8. The molecule has 2 aliphatic rings. The number of hydrogen-bond donors (Lipinski definition) is 3. The van der Waals surface area contributed by atoms with Crippen LogP contribution in [0.5, 0.6) is 0 Å². The Kier molecular flexibility index (Phi) is 4.76. The Bertz CT molecular complexity index is 405. The lowest BCUT2D eigenvalue weighted by Crippen LogP contribution is -2.55. The van der Waals surface area contributed by atoms with E-state index in [4.69, 9.17) is 0 Å². The van der Waals surface area contributed by atoms with Crippen molar-refractivity contribution in [2.45, 2.75) is 64.6 Å². The van der Waals surface area contributed by atoms with Gasteiger partial charge in [-0.1, -0.05) is 20.8 Å². The quantitative estimate of drug-likeness (QED) is 0.735. The Morgan fingerprint density at radius 2 is 1.95 bits per heavy atom. The lowest BCUT2D eigenvalue weighted by Gasteiger charge is -2.35. The first-order chi connectivity index (χ1) is 9.77. The van der Waals surface area contributed by atoms with Crippen molar-refractivity contribution in [1.29, 1.82) is 0 Å². The molecule has 0 aliphatic carbocycles. The number of aliphatic carboxylic acids is 1. The number of carbonyl (C=O) groups is 2. The number of carboxylic acids is 1. The normalized spacial score (nSPS) is 27.8. The molecule has 6 heteroatoms. The molecule has 2 fully saturated rings. The van der Waals surface area contributed by atoms with Gasteiger partial charge in [-0.05, 0) is 37.6 Å². The zero-order valence-corrected chi connectivity index (χ0v) is 13.2. The second-order valence-corrected chi connectivity index (χ2v) is 7.31. The van der Waals surface area contributed by atoms with Crippen molar-refractivity contribution in [2.24, 2.45) is 5.41 Å². The van der Waals surface area contributed by atoms with Gasteiger partial charge in [0.05, 0.1) is 0 Å². The number of hydrogen-bond acceptors (Lipinski definition) is 3. The molecule has 3 unspecified atom stereocenters. The summed E-state index contributed by atoms with van der Waals surface area (Å²) in [5.41, 5.74) is -0.516. The van der Waals surface area contributed by atoms with Crippen LogP contribution in [0, 0.1) is 5.41 Å². The molecule has 6 nitrogen and oxygen atoms in total. The number of nitrogens with one attached hydrogen (secondary N) is 2. The minimum absolute atomic E-state index is 0.152. The number of nitrogens with zero attached hydrogens (tertiary/aromatic N) is 1. The van der Waals surface area contributed by atoms with Crippen LogP contribution in [0.4, 0.5) is 4.79 Å². The predicted octanol–water partition coefficient (Wildman–Crippen LogP) is 1.41. The van der Waals surface area contributed by atoms with Crippen molar-refractivity contribution in [1.82, 2.24) is 15.5 Å². The maximum atomic E-state index is 12.1. The van der Waals surface area contributed by atoms with E-state index in [1.54, 1.807) is 0 Å². The van der Waals surface area contributed by atoms with Crippen LogP contribution in [0.15, 0.2) is 0 Å². The van der Waals surface area contributed by atoms with Crippen molar-refractivity contribution in [3.8, 4) is 0 Å². The second kappa shape index (κ2) is 6.22. The predicted molar refractivity (Wildman–Crippen MR) is 80.2 cm³/mol. The molecule has 0 aromatic carbocycles. The summed E-state index contributed by atoms with van der Waals surface area (Å²) in [5.74, 6) is -0.997. The topological polar surface area (TPSA) is 81.7 Å². The lowest BCUT2D eigenvalue weighted by molar-refractivity contribution is -0.141. The summed E-state index contributed by atoms with van der Waals surface area (Å²) in [6.45, 7) is 7.63. The van der Waals surface area contributed by atoms with Gasteiger partial charge in [0.15, 0.2) is 0 Å². The molecule has 0 saturated carbocycles. The summed E-state index contributed by atoms with van der Waals surface area (Å²) in [7, 11) is 0. The number of fused-ring (bicyclic) bond motifs is 1. The minimum Gasteiger partial charge on any atom is -0.480 e. The van der Waals surface area contributed by atoms with E-state index in [-0.39, 0.29) is 12.1 Å². The van der Waals surface area contributed by atoms with Gasteiger partial charge in [0.1, 0.15) is 6.04 Å². The fourth-order valence-corrected chi connectivity index (χ4v) is 3.36. The zero-order valence-electron chi connectivity index (χ0n) is 13.2. The van der Waals surface area contributed by atoms with E-state index >= 15 is 0 Å². The van der Waals surface area contributed by atoms with E-state index in [9.17, 15) is 14.7 Å². The fourth-order valence-electron chi connectivity index (χ4n) is 3.36. The highest BCUT2D eigenvalue weighted by Crippen LogP contribution is 2.26. The van der Waals surface area contributed by atoms with E-state index in [0.717, 1.165) is 19.4 Å². The Morgan fingerprint density at radius 3 is 2.57 bits per heavy atom. The molecule has 120 valence electrons. The average molecular weight is 297 g/mol. The van der Waals surface area contributed by atoms with E-state index in [1.165, 1.54) is 19.4 Å². The second-order valence-electron chi connectivity index (χ2n) is 7.31. The molecule has 3 atom stereocenters. The van der Waals surface area contributed by atoms with Crippen molar-refractivity contribution in [2.75, 3.05) is 13.1 Å². The van der Waals surface area contributed by atoms with Crippen LogP contribution in [0.25, 0.3) is 0 Å². The number of rotatable bonds is 3. The first-order valence-electron chi connectivity index (χ1n) is 7.81. The minimum atomic E-state index is -0.997. The van der Waals surface area contributed by atoms with Crippen LogP contribution < -0.4 is 10.6 Å². The molecule has 3 N–H and O–H groups in total. The molecule has 2 aliphatic heterocycles. The van der Waals surface area contributed by atoms with Gasteiger partial charge in [0.2, 0.25) is 0 Å². The lowest BCUT2D eigenvalue weighted by atomic mass is 9.87. The molecule has 0 spiro atoms. The van der Waals surface area contributed by atoms with Gasteiger partial charge in [-0.3, -0.25) is 0 Å². The number of amides is 2. The number of carboxylic acid groups (broad SMARTS) is 1. The van der Waals surface area contributed by atoms with Gasteiger partial charge in [-0.15, -0.1) is 0 Å². The summed E-state index contributed by atoms with van der Waals surface area (Å²) >= 11 is 0. The van der Waals surface area contributed by atoms with Crippen LogP contribution in [0.3, 0.4) is 0 Å². The fraction of sp³-hybridized carbons (Fsp3) is 0.867. The van der Waals surface area contributed by atoms with Gasteiger partial charge in [0.25, 0.3) is 0 Å². The molecule has 2 rings (SSSR count). The highest BCUT2D eigenvalue weighted by Gasteiger charge is 2.35. The van der Waals surface area contributed by atoms with Crippen molar-refractivity contribution in [3.63, 3.8) is 0 Å². The third-order valence-electron chi connectivity index (χ3n) is 4.54. The standard InChI is InChI=1S/C15H27N3O3/c1-15(2,3)12(13(19)20)17-14(21)16-10-6-8-18-7-4-5-11(18)9-10/h10-12H,4-9H2,1-3H3,(H,19,20)(H2,16,17,21). The van der Waals surface area contributed by atoms with Gasteiger partial charge in [0, 0.05) is 18.6 Å². The van der Waals surface area contributed by atoms with Crippen LogP contribution in [-0.4, -0.2) is 53.2 Å². The maximum absolute atomic E-state index is 12.1. The Labute approximate surface area is 126 Å². The first-order valence-corrected chi connectivity index (χ1v) is 7.81. The number of piperidine rings is 1. The van der Waals surface area contributed by atoms with E-state index in [1.807, 2.05) is 20.8 Å². The molecule has 2 heterocycles. The van der Waals surface area contributed by atoms with E-state index < -0.39 is 17.4 Å². The number of carbonyl (C=O) groups excluding carboxylic acids is 1. The van der Waals surface area contributed by atoms with Crippen LogP contribution in [0.1, 0.15) is 46.5 Å². The smallest absolute Gasteiger partial charge is 0.326 e. The molecule has 0 bridgehead atoms. The average Bonchev–Trinajstić information content (AvgIpc) is 2.81. The Morgan fingerprint density at radius 1 is 1.24 bits per heavy atom. The van der Waals surface area contributed by atoms with Crippen LogP contribution >= 0.6 is 0 Å². The van der Waals surface area contributed by atoms with E-state index in [0.29, 0.717) is 6.04 Å². The van der Waals surface area contributed by atoms with Crippen molar-refractivity contribution >= 4 is 12.0 Å². The number of urea groups is 1. The van der Waals surface area contributed by atoms with Gasteiger partial charge in [-0.25, -0.2) is 9.59 Å². The Hall–Kier alpha value is -1.30. The van der Waals surface area contributed by atoms with Crippen molar-refractivity contribution < 1.29 is 14.7 Å². The molecule has 0 radical (unpaired) electrons. The van der Waals surface area contributed by atoms with Crippen molar-refractivity contribution in [3.05, 3.63) is 0 Å². The summed E-state index contributed by atoms with van der Waals surface area (Å²) in [6, 6.07) is -0.515. The van der Waals surface area contributed by atoms with Crippen LogP contribution in [0.2, 0.25) is 0 Å². The molecule has 2 saturated heterocycles. The highest BCUT2D eigenvalue weighted by molar-refractivity contribution is 5.83. The highest BCUT2D eigenvalue weighted by atomic mass is 16.4. The maximum Gasteiger partial charge on any atom is 0.326 e. The molecule has 0 aromatic heterocycles. The summed E-state index contributed by atoms with van der Waals surface area (Å²) < 4.78 is 0. The Balaban J connectivity index is 1.85. The molecule has 0 aromatic rings. The zero-order chi connectivity index (χ0) is 15.6. The molecule has 21 heavy (non-hydrogen) atoms. The third-order valence-corrected chi connectivity index (χ3v) is 4.54. The first kappa shape index (κ1) is 16.1. The van der Waals surface area contributed by atoms with Gasteiger partial charge < -0.3 is 20.6 Å². The van der Waals surface area contributed by atoms with Gasteiger partial charge >= 0.3 is 12.0 Å². The summed E-state index contributed by atoms with van der Waals surface area (Å²) in [5, 5.41) is 14.8.